The lowest BCUT2D eigenvalue weighted by atomic mass is 9.93. The third kappa shape index (κ3) is 3.58. The minimum absolute atomic E-state index is 0.441. The lowest BCUT2D eigenvalue weighted by Crippen LogP contribution is -2.28. The Bertz CT molecular complexity index is 678. The molecular formula is C18H20O4. The summed E-state index contributed by atoms with van der Waals surface area (Å²) in [6.07, 6.45) is 6.84. The predicted molar refractivity (Wildman–Crippen MR) is 86.2 cm³/mol. The standard InChI is InChI=1S/C18H20O4/c1-12(10-16(19)20)8-9-13-11-18(2,3)22-15-7-5-6-14(21-4)17(13)15/h5-11H,1-4H3,(H,19,20). The van der Waals surface area contributed by atoms with Gasteiger partial charge in [0, 0.05) is 6.08 Å². The third-order valence-electron chi connectivity index (χ3n) is 3.25. The van der Waals surface area contributed by atoms with Crippen molar-refractivity contribution in [3.63, 3.8) is 0 Å². The number of hydrogen-bond acceptors (Lipinski definition) is 3. The van der Waals surface area contributed by atoms with Crippen molar-refractivity contribution in [3.8, 4) is 11.5 Å². The highest BCUT2D eigenvalue weighted by molar-refractivity contribution is 5.85. The van der Waals surface area contributed by atoms with Crippen LogP contribution in [0.2, 0.25) is 0 Å². The number of aliphatic carboxylic acids is 1. The molecule has 1 aliphatic heterocycles. The Labute approximate surface area is 130 Å². The number of carboxylic acid groups (broad SMARTS) is 1. The summed E-state index contributed by atoms with van der Waals surface area (Å²) in [5, 5.41) is 8.78. The molecule has 0 fully saturated rings. The van der Waals surface area contributed by atoms with Gasteiger partial charge in [0.25, 0.3) is 0 Å². The van der Waals surface area contributed by atoms with E-state index in [0.717, 1.165) is 22.6 Å². The van der Waals surface area contributed by atoms with Gasteiger partial charge in [-0.15, -0.1) is 0 Å². The van der Waals surface area contributed by atoms with E-state index >= 15 is 0 Å². The maximum absolute atomic E-state index is 10.7. The highest BCUT2D eigenvalue weighted by atomic mass is 16.5. The van der Waals surface area contributed by atoms with E-state index in [-0.39, 0.29) is 0 Å². The van der Waals surface area contributed by atoms with Crippen molar-refractivity contribution in [2.24, 2.45) is 0 Å². The van der Waals surface area contributed by atoms with E-state index in [1.807, 2.05) is 44.2 Å². The van der Waals surface area contributed by atoms with Crippen LogP contribution in [-0.4, -0.2) is 23.8 Å². The molecule has 1 aromatic rings. The number of ether oxygens (including phenoxy) is 2. The summed E-state index contributed by atoms with van der Waals surface area (Å²) in [7, 11) is 1.62. The van der Waals surface area contributed by atoms with Gasteiger partial charge in [-0.25, -0.2) is 4.79 Å². The fraction of sp³-hybridized carbons (Fsp3) is 0.278. The molecule has 4 heteroatoms. The van der Waals surface area contributed by atoms with Crippen molar-refractivity contribution in [2.75, 3.05) is 7.11 Å². The predicted octanol–water partition coefficient (Wildman–Crippen LogP) is 3.84. The van der Waals surface area contributed by atoms with E-state index in [0.29, 0.717) is 5.57 Å². The summed E-state index contributed by atoms with van der Waals surface area (Å²) in [5.74, 6) is 0.525. The van der Waals surface area contributed by atoms with Crippen LogP contribution in [0.15, 0.2) is 48.1 Å². The number of methoxy groups -OCH3 is 1. The fourth-order valence-electron chi connectivity index (χ4n) is 2.41. The molecule has 0 radical (unpaired) electrons. The van der Waals surface area contributed by atoms with Crippen molar-refractivity contribution < 1.29 is 19.4 Å². The molecule has 0 bridgehead atoms. The third-order valence-corrected chi connectivity index (χ3v) is 3.25. The van der Waals surface area contributed by atoms with Gasteiger partial charge in [-0.3, -0.25) is 0 Å². The van der Waals surface area contributed by atoms with E-state index in [1.54, 1.807) is 20.1 Å². The Morgan fingerprint density at radius 2 is 2.09 bits per heavy atom. The van der Waals surface area contributed by atoms with Crippen LogP contribution in [0.4, 0.5) is 0 Å². The highest BCUT2D eigenvalue weighted by Gasteiger charge is 2.27. The van der Waals surface area contributed by atoms with Crippen LogP contribution in [0, 0.1) is 0 Å². The van der Waals surface area contributed by atoms with Crippen molar-refractivity contribution >= 4 is 11.5 Å². The van der Waals surface area contributed by atoms with Gasteiger partial charge in [-0.2, -0.15) is 0 Å². The van der Waals surface area contributed by atoms with Crippen LogP contribution < -0.4 is 9.47 Å². The molecular weight excluding hydrogens is 280 g/mol. The molecule has 1 aromatic carbocycles. The van der Waals surface area contributed by atoms with Crippen LogP contribution >= 0.6 is 0 Å². The average molecular weight is 300 g/mol. The molecule has 116 valence electrons. The van der Waals surface area contributed by atoms with Crippen molar-refractivity contribution in [2.45, 2.75) is 26.4 Å². The van der Waals surface area contributed by atoms with Crippen LogP contribution in [0.5, 0.6) is 11.5 Å². The summed E-state index contributed by atoms with van der Waals surface area (Å²) < 4.78 is 11.4. The molecule has 4 nitrogen and oxygen atoms in total. The largest absolute Gasteiger partial charge is 0.496 e. The number of allylic oxidation sites excluding steroid dienone is 4. The Hall–Kier alpha value is -2.49. The zero-order valence-corrected chi connectivity index (χ0v) is 13.2. The van der Waals surface area contributed by atoms with Crippen molar-refractivity contribution in [3.05, 3.63) is 53.6 Å². The first-order chi connectivity index (χ1) is 10.3. The monoisotopic (exact) mass is 300 g/mol. The molecule has 0 unspecified atom stereocenters. The normalized spacial score (nSPS) is 16.7. The molecule has 1 aliphatic rings. The first-order valence-corrected chi connectivity index (χ1v) is 7.01. The van der Waals surface area contributed by atoms with Gasteiger partial charge in [0.1, 0.15) is 17.1 Å². The summed E-state index contributed by atoms with van der Waals surface area (Å²) in [6.45, 7) is 5.70. The summed E-state index contributed by atoms with van der Waals surface area (Å²) in [4.78, 5) is 10.7. The lowest BCUT2D eigenvalue weighted by molar-refractivity contribution is -0.131. The molecule has 0 aliphatic carbocycles. The van der Waals surface area contributed by atoms with E-state index in [1.165, 1.54) is 6.08 Å². The van der Waals surface area contributed by atoms with E-state index in [2.05, 4.69) is 0 Å². The van der Waals surface area contributed by atoms with E-state index < -0.39 is 11.6 Å². The maximum Gasteiger partial charge on any atom is 0.328 e. The van der Waals surface area contributed by atoms with Gasteiger partial charge in [-0.1, -0.05) is 18.2 Å². The molecule has 0 atom stereocenters. The second-order valence-corrected chi connectivity index (χ2v) is 5.70. The fourth-order valence-corrected chi connectivity index (χ4v) is 2.41. The van der Waals surface area contributed by atoms with Crippen LogP contribution in [0.3, 0.4) is 0 Å². The first kappa shape index (κ1) is 15.9. The van der Waals surface area contributed by atoms with Gasteiger partial charge < -0.3 is 14.6 Å². The minimum Gasteiger partial charge on any atom is -0.496 e. The molecule has 0 saturated carbocycles. The average Bonchev–Trinajstić information content (AvgIpc) is 2.42. The smallest absolute Gasteiger partial charge is 0.328 e. The number of carbonyl (C=O) groups is 1. The van der Waals surface area contributed by atoms with Gasteiger partial charge in [0.2, 0.25) is 0 Å². The summed E-state index contributed by atoms with van der Waals surface area (Å²) >= 11 is 0. The number of carboxylic acids is 1. The second-order valence-electron chi connectivity index (χ2n) is 5.70. The Morgan fingerprint density at radius 3 is 2.73 bits per heavy atom. The van der Waals surface area contributed by atoms with Crippen LogP contribution in [0.25, 0.3) is 5.57 Å². The summed E-state index contributed by atoms with van der Waals surface area (Å²) in [6, 6.07) is 5.67. The van der Waals surface area contributed by atoms with Crippen molar-refractivity contribution in [1.29, 1.82) is 0 Å². The molecule has 22 heavy (non-hydrogen) atoms. The lowest BCUT2D eigenvalue weighted by Gasteiger charge is -2.31. The van der Waals surface area contributed by atoms with Gasteiger partial charge in [0.05, 0.1) is 12.7 Å². The second kappa shape index (κ2) is 6.10. The van der Waals surface area contributed by atoms with Gasteiger partial charge >= 0.3 is 5.97 Å². The minimum atomic E-state index is -0.957. The number of rotatable bonds is 4. The highest BCUT2D eigenvalue weighted by Crippen LogP contribution is 2.42. The quantitative estimate of drug-likeness (QED) is 0.678. The SMILES string of the molecule is COc1cccc2c1C(C=CC(C)=CC(=O)O)=CC(C)(C)O2. The number of hydrogen-bond donors (Lipinski definition) is 1. The zero-order chi connectivity index (χ0) is 16.3. The van der Waals surface area contributed by atoms with Gasteiger partial charge in [0.15, 0.2) is 0 Å². The number of benzene rings is 1. The number of fused-ring (bicyclic) bond motifs is 1. The summed E-state index contributed by atoms with van der Waals surface area (Å²) in [5.41, 5.74) is 2.04. The van der Waals surface area contributed by atoms with E-state index in [4.69, 9.17) is 14.6 Å². The maximum atomic E-state index is 10.7. The van der Waals surface area contributed by atoms with E-state index in [9.17, 15) is 4.79 Å². The molecule has 0 saturated heterocycles. The molecule has 0 aromatic heterocycles. The molecule has 0 amide bonds. The molecule has 2 rings (SSSR count). The Morgan fingerprint density at radius 1 is 1.36 bits per heavy atom. The zero-order valence-electron chi connectivity index (χ0n) is 13.2. The Balaban J connectivity index is 2.48. The molecule has 1 heterocycles. The Kier molecular flexibility index (Phi) is 4.40. The van der Waals surface area contributed by atoms with Crippen LogP contribution in [-0.2, 0) is 4.79 Å². The molecule has 0 spiro atoms. The van der Waals surface area contributed by atoms with Crippen LogP contribution in [0.1, 0.15) is 26.3 Å². The van der Waals surface area contributed by atoms with Crippen molar-refractivity contribution in [1.82, 2.24) is 0 Å². The first-order valence-electron chi connectivity index (χ1n) is 7.01. The topological polar surface area (TPSA) is 55.8 Å². The molecule has 1 N–H and O–H groups in total. The van der Waals surface area contributed by atoms with Gasteiger partial charge in [-0.05, 0) is 50.1 Å².